The molecule has 2 aromatic heterocycles. The lowest BCUT2D eigenvalue weighted by molar-refractivity contribution is 0.229. The van der Waals surface area contributed by atoms with Gasteiger partial charge in [0.05, 0.1) is 0 Å². The third kappa shape index (κ3) is 4.42. The molecular formula is C17H27N3S. The van der Waals surface area contributed by atoms with Crippen molar-refractivity contribution in [2.75, 3.05) is 0 Å². The van der Waals surface area contributed by atoms with Crippen molar-refractivity contribution in [1.29, 1.82) is 0 Å². The lowest BCUT2D eigenvalue weighted by atomic mass is 9.81. The Hall–Kier alpha value is -1.13. The maximum absolute atomic E-state index is 4.56. The number of nitrogens with one attached hydrogen (secondary N) is 1. The van der Waals surface area contributed by atoms with Gasteiger partial charge in [0.25, 0.3) is 0 Å². The Morgan fingerprint density at radius 1 is 1.29 bits per heavy atom. The largest absolute Gasteiger partial charge is 0.336 e. The van der Waals surface area contributed by atoms with Crippen LogP contribution in [0.1, 0.15) is 57.8 Å². The van der Waals surface area contributed by atoms with Gasteiger partial charge in [-0.25, -0.2) is 4.98 Å². The molecule has 0 aromatic carbocycles. The second-order valence-electron chi connectivity index (χ2n) is 7.61. The number of hydrogen-bond acceptors (Lipinski definition) is 3. The Morgan fingerprint density at radius 3 is 2.48 bits per heavy atom. The van der Waals surface area contributed by atoms with Crippen LogP contribution in [-0.2, 0) is 7.05 Å². The van der Waals surface area contributed by atoms with E-state index in [2.05, 4.69) is 74.0 Å². The van der Waals surface area contributed by atoms with Crippen molar-refractivity contribution in [3.05, 3.63) is 40.6 Å². The second kappa shape index (κ2) is 5.93. The third-order valence-corrected chi connectivity index (χ3v) is 4.39. The number of hydrogen-bond donors (Lipinski definition) is 1. The fourth-order valence-corrected chi connectivity index (χ4v) is 3.91. The summed E-state index contributed by atoms with van der Waals surface area (Å²) < 4.78 is 2.10. The first kappa shape index (κ1) is 16.2. The highest BCUT2D eigenvalue weighted by atomic mass is 32.1. The van der Waals surface area contributed by atoms with Gasteiger partial charge in [-0.15, -0.1) is 11.3 Å². The van der Waals surface area contributed by atoms with Crippen molar-refractivity contribution in [2.24, 2.45) is 12.5 Å². The number of aryl methyl sites for hydroxylation is 1. The summed E-state index contributed by atoms with van der Waals surface area (Å²) in [6.45, 7) is 11.4. The van der Waals surface area contributed by atoms with Crippen LogP contribution in [0.4, 0.5) is 0 Å². The van der Waals surface area contributed by atoms with E-state index >= 15 is 0 Å². The van der Waals surface area contributed by atoms with Crippen molar-refractivity contribution < 1.29 is 0 Å². The van der Waals surface area contributed by atoms with E-state index in [1.165, 1.54) is 4.88 Å². The predicted molar refractivity (Wildman–Crippen MR) is 90.7 cm³/mol. The molecule has 0 spiro atoms. The Kier molecular flexibility index (Phi) is 4.59. The average Bonchev–Trinajstić information content (AvgIpc) is 2.93. The minimum Gasteiger partial charge on any atom is -0.336 e. The molecule has 0 aliphatic rings. The van der Waals surface area contributed by atoms with Crippen LogP contribution in [0.25, 0.3) is 0 Å². The summed E-state index contributed by atoms with van der Waals surface area (Å²) >= 11 is 1.78. The summed E-state index contributed by atoms with van der Waals surface area (Å²) in [5.41, 5.74) is 0.330. The van der Waals surface area contributed by atoms with Crippen LogP contribution in [0.5, 0.6) is 0 Å². The van der Waals surface area contributed by atoms with Gasteiger partial charge < -0.3 is 4.57 Å². The zero-order valence-electron chi connectivity index (χ0n) is 14.0. The zero-order valence-corrected chi connectivity index (χ0v) is 14.8. The molecule has 1 N–H and O–H groups in total. The summed E-state index contributed by atoms with van der Waals surface area (Å²) in [5.74, 6) is 1.07. The first-order chi connectivity index (χ1) is 9.68. The van der Waals surface area contributed by atoms with E-state index in [1.54, 1.807) is 11.3 Å². The molecule has 2 heterocycles. The minimum absolute atomic E-state index is 0.0405. The topological polar surface area (TPSA) is 29.9 Å². The molecule has 0 aliphatic heterocycles. The molecule has 0 saturated heterocycles. The zero-order chi connectivity index (χ0) is 15.7. The van der Waals surface area contributed by atoms with Gasteiger partial charge in [0.2, 0.25) is 0 Å². The van der Waals surface area contributed by atoms with Gasteiger partial charge >= 0.3 is 0 Å². The van der Waals surface area contributed by atoms with Crippen LogP contribution >= 0.6 is 11.3 Å². The van der Waals surface area contributed by atoms with Gasteiger partial charge in [0.15, 0.2) is 0 Å². The van der Waals surface area contributed by atoms with Crippen LogP contribution in [0, 0.1) is 5.41 Å². The summed E-state index contributed by atoms with van der Waals surface area (Å²) in [6.07, 6.45) is 4.98. The molecule has 0 saturated carbocycles. The molecule has 2 rings (SSSR count). The standard InChI is InChI=1S/C17H27N3S/c1-16(2,3)12-17(4,5)19-14(13-8-7-11-21-13)15-18-9-10-20(15)6/h7-11,14,19H,12H2,1-6H3. The second-order valence-corrected chi connectivity index (χ2v) is 8.59. The Morgan fingerprint density at radius 2 is 2.00 bits per heavy atom. The molecule has 2 aromatic rings. The number of nitrogens with zero attached hydrogens (tertiary/aromatic N) is 2. The van der Waals surface area contributed by atoms with Gasteiger partial charge in [-0.05, 0) is 37.1 Å². The third-order valence-electron chi connectivity index (χ3n) is 3.45. The molecule has 116 valence electrons. The molecule has 21 heavy (non-hydrogen) atoms. The van der Waals surface area contributed by atoms with E-state index in [9.17, 15) is 0 Å². The Bertz CT molecular complexity index is 561. The van der Waals surface area contributed by atoms with Crippen molar-refractivity contribution in [3.63, 3.8) is 0 Å². The SMILES string of the molecule is Cn1ccnc1C(NC(C)(C)CC(C)(C)C)c1cccs1. The normalized spacial score (nSPS) is 14.4. The predicted octanol–water partition coefficient (Wildman–Crippen LogP) is 4.38. The van der Waals surface area contributed by atoms with Gasteiger partial charge in [0.1, 0.15) is 11.9 Å². The van der Waals surface area contributed by atoms with E-state index in [4.69, 9.17) is 0 Å². The van der Waals surface area contributed by atoms with Gasteiger partial charge in [0, 0.05) is 29.9 Å². The molecule has 0 amide bonds. The molecule has 0 radical (unpaired) electrons. The van der Waals surface area contributed by atoms with Crippen LogP contribution in [0.3, 0.4) is 0 Å². The smallest absolute Gasteiger partial charge is 0.131 e. The van der Waals surface area contributed by atoms with Crippen molar-refractivity contribution in [1.82, 2.24) is 14.9 Å². The molecule has 1 unspecified atom stereocenters. The molecule has 0 bridgehead atoms. The van der Waals surface area contributed by atoms with E-state index in [0.717, 1.165) is 12.2 Å². The highest BCUT2D eigenvalue weighted by Crippen LogP contribution is 2.32. The van der Waals surface area contributed by atoms with Crippen molar-refractivity contribution >= 4 is 11.3 Å². The van der Waals surface area contributed by atoms with Gasteiger partial charge in [-0.3, -0.25) is 5.32 Å². The molecular weight excluding hydrogens is 278 g/mol. The highest BCUT2D eigenvalue weighted by molar-refractivity contribution is 7.10. The maximum atomic E-state index is 4.56. The lowest BCUT2D eigenvalue weighted by Gasteiger charge is -2.36. The highest BCUT2D eigenvalue weighted by Gasteiger charge is 2.30. The average molecular weight is 305 g/mol. The van der Waals surface area contributed by atoms with E-state index in [1.807, 2.05) is 12.4 Å². The minimum atomic E-state index is 0.0405. The number of rotatable bonds is 5. The summed E-state index contributed by atoms with van der Waals surface area (Å²) in [5, 5.41) is 5.95. The summed E-state index contributed by atoms with van der Waals surface area (Å²) in [7, 11) is 2.06. The fraction of sp³-hybridized carbons (Fsp3) is 0.588. The summed E-state index contributed by atoms with van der Waals surface area (Å²) in [6, 6.07) is 4.43. The lowest BCUT2D eigenvalue weighted by Crippen LogP contribution is -2.45. The van der Waals surface area contributed by atoms with E-state index in [-0.39, 0.29) is 17.0 Å². The van der Waals surface area contributed by atoms with Crippen LogP contribution in [-0.4, -0.2) is 15.1 Å². The van der Waals surface area contributed by atoms with E-state index in [0.29, 0.717) is 0 Å². The quantitative estimate of drug-likeness (QED) is 0.888. The number of aromatic nitrogens is 2. The first-order valence-corrected chi connectivity index (χ1v) is 8.34. The molecule has 4 heteroatoms. The van der Waals surface area contributed by atoms with Gasteiger partial charge in [-0.1, -0.05) is 26.8 Å². The number of imidazole rings is 1. The van der Waals surface area contributed by atoms with E-state index < -0.39 is 0 Å². The maximum Gasteiger partial charge on any atom is 0.131 e. The molecule has 1 atom stereocenters. The van der Waals surface area contributed by atoms with Crippen molar-refractivity contribution in [3.8, 4) is 0 Å². The monoisotopic (exact) mass is 305 g/mol. The van der Waals surface area contributed by atoms with Crippen LogP contribution in [0.15, 0.2) is 29.9 Å². The summed E-state index contributed by atoms with van der Waals surface area (Å²) in [4.78, 5) is 5.87. The Balaban J connectivity index is 2.28. The van der Waals surface area contributed by atoms with Crippen LogP contribution < -0.4 is 5.32 Å². The first-order valence-electron chi connectivity index (χ1n) is 7.46. The Labute approximate surface area is 132 Å². The molecule has 0 aliphatic carbocycles. The van der Waals surface area contributed by atoms with Crippen molar-refractivity contribution in [2.45, 2.75) is 52.6 Å². The molecule has 3 nitrogen and oxygen atoms in total. The van der Waals surface area contributed by atoms with Gasteiger partial charge in [-0.2, -0.15) is 0 Å². The molecule has 0 fully saturated rings. The number of thiophene rings is 1. The fourth-order valence-electron chi connectivity index (χ4n) is 3.14. The van der Waals surface area contributed by atoms with Crippen LogP contribution in [0.2, 0.25) is 0 Å².